The van der Waals surface area contributed by atoms with Crippen LogP contribution in [0.2, 0.25) is 0 Å². The van der Waals surface area contributed by atoms with Gasteiger partial charge < -0.3 is 18.8 Å². The Morgan fingerprint density at radius 2 is 1.81 bits per heavy atom. The third kappa shape index (κ3) is 4.36. The number of ether oxygens (including phenoxy) is 2. The maximum atomic E-state index is 15.6. The maximum absolute atomic E-state index is 15.6. The van der Waals surface area contributed by atoms with Gasteiger partial charge in [-0.15, -0.1) is 11.3 Å². The summed E-state index contributed by atoms with van der Waals surface area (Å²) in [5, 5.41) is 0.294. The molecule has 1 aromatic heterocycles. The summed E-state index contributed by atoms with van der Waals surface area (Å²) in [5.74, 6) is -1.48. The molecule has 0 spiro atoms. The molecule has 0 saturated carbocycles. The smallest absolute Gasteiger partial charge is 0.497 e. The molecule has 1 aliphatic rings. The summed E-state index contributed by atoms with van der Waals surface area (Å²) in [6.45, 7) is 11.2. The number of methoxy groups -OCH3 is 1. The molecule has 3 rings (SSSR count). The van der Waals surface area contributed by atoms with E-state index in [1.807, 2.05) is 27.7 Å². The van der Waals surface area contributed by atoms with E-state index < -0.39 is 36.0 Å². The molecule has 31 heavy (non-hydrogen) atoms. The second kappa shape index (κ2) is 8.52. The minimum Gasteiger partial charge on any atom is -0.497 e. The van der Waals surface area contributed by atoms with E-state index in [9.17, 15) is 9.59 Å². The van der Waals surface area contributed by atoms with Gasteiger partial charge in [-0.2, -0.15) is 0 Å². The molecule has 9 heteroatoms. The highest BCUT2D eigenvalue weighted by Crippen LogP contribution is 2.39. The van der Waals surface area contributed by atoms with E-state index in [0.29, 0.717) is 20.7 Å². The van der Waals surface area contributed by atoms with Crippen molar-refractivity contribution in [3.05, 3.63) is 22.8 Å². The van der Waals surface area contributed by atoms with E-state index in [4.69, 9.17) is 18.8 Å². The standard InChI is InChI=1S/C22H28BFO6S/c1-8-28-20(26)12(2)9-14(25)17-10-13-16(31-17)11-15(27-7)18(19(13)24)23-29-21(3,4)22(5,6)30-23/h10-12H,8-9H2,1-7H3/t12-/m0/s1. The van der Waals surface area contributed by atoms with Gasteiger partial charge in [-0.05, 0) is 46.8 Å². The molecule has 1 aromatic carbocycles. The van der Waals surface area contributed by atoms with Crippen molar-refractivity contribution in [2.45, 2.75) is 59.2 Å². The van der Waals surface area contributed by atoms with Crippen LogP contribution >= 0.6 is 11.3 Å². The average Bonchev–Trinajstić information content (AvgIpc) is 3.19. The van der Waals surface area contributed by atoms with E-state index in [2.05, 4.69) is 0 Å². The van der Waals surface area contributed by atoms with Crippen LogP contribution in [0.15, 0.2) is 12.1 Å². The molecule has 0 unspecified atom stereocenters. The van der Waals surface area contributed by atoms with Crippen molar-refractivity contribution in [2.75, 3.05) is 13.7 Å². The first-order valence-corrected chi connectivity index (χ1v) is 11.1. The monoisotopic (exact) mass is 450 g/mol. The minimum atomic E-state index is -0.938. The number of esters is 1. The van der Waals surface area contributed by atoms with Crippen LogP contribution in [0.5, 0.6) is 5.75 Å². The Bertz CT molecular complexity index is 999. The van der Waals surface area contributed by atoms with Crippen LogP contribution in [-0.2, 0) is 18.8 Å². The van der Waals surface area contributed by atoms with Gasteiger partial charge >= 0.3 is 13.1 Å². The molecule has 168 valence electrons. The Labute approximate surface area is 186 Å². The number of rotatable bonds is 7. The molecule has 1 aliphatic heterocycles. The lowest BCUT2D eigenvalue weighted by molar-refractivity contribution is -0.147. The minimum absolute atomic E-state index is 0.00546. The zero-order valence-electron chi connectivity index (χ0n) is 19.0. The van der Waals surface area contributed by atoms with Crippen molar-refractivity contribution < 1.29 is 32.8 Å². The third-order valence-corrected chi connectivity index (χ3v) is 7.05. The van der Waals surface area contributed by atoms with Crippen LogP contribution in [0.25, 0.3) is 10.1 Å². The quantitative estimate of drug-likeness (QED) is 0.359. The Balaban J connectivity index is 1.96. The first kappa shape index (κ1) is 23.7. The van der Waals surface area contributed by atoms with Crippen molar-refractivity contribution in [1.29, 1.82) is 0 Å². The highest BCUT2D eigenvalue weighted by Gasteiger charge is 2.53. The van der Waals surface area contributed by atoms with E-state index in [1.54, 1.807) is 19.9 Å². The number of Topliss-reactive ketones (excluding diaryl/α,β-unsaturated/α-hetero) is 1. The number of hydrogen-bond acceptors (Lipinski definition) is 7. The van der Waals surface area contributed by atoms with E-state index >= 15 is 4.39 Å². The van der Waals surface area contributed by atoms with E-state index in [-0.39, 0.29) is 24.3 Å². The molecule has 0 aliphatic carbocycles. The highest BCUT2D eigenvalue weighted by molar-refractivity contribution is 7.20. The predicted octanol–water partition coefficient (Wildman–Crippen LogP) is 4.12. The number of benzene rings is 1. The number of fused-ring (bicyclic) bond motifs is 1. The lowest BCUT2D eigenvalue weighted by Crippen LogP contribution is -2.41. The van der Waals surface area contributed by atoms with Crippen LogP contribution in [0.1, 0.15) is 57.6 Å². The summed E-state index contributed by atoms with van der Waals surface area (Å²) in [7, 11) is 0.517. The molecule has 6 nitrogen and oxygen atoms in total. The Hall–Kier alpha value is -1.97. The van der Waals surface area contributed by atoms with Gasteiger partial charge in [0, 0.05) is 16.5 Å². The molecular formula is C22H28BFO6S. The summed E-state index contributed by atoms with van der Waals surface area (Å²) in [5.41, 5.74) is -1.10. The van der Waals surface area contributed by atoms with Crippen LogP contribution in [0, 0.1) is 11.7 Å². The van der Waals surface area contributed by atoms with Gasteiger partial charge in [0.25, 0.3) is 0 Å². The van der Waals surface area contributed by atoms with Gasteiger partial charge in [0.1, 0.15) is 11.6 Å². The lowest BCUT2D eigenvalue weighted by Gasteiger charge is -2.32. The number of thiophene rings is 1. The fourth-order valence-electron chi connectivity index (χ4n) is 3.37. The van der Waals surface area contributed by atoms with Crippen molar-refractivity contribution in [2.24, 2.45) is 5.92 Å². The normalized spacial score (nSPS) is 18.3. The second-order valence-corrected chi connectivity index (χ2v) is 9.78. The third-order valence-electron chi connectivity index (χ3n) is 5.93. The molecule has 0 bridgehead atoms. The Morgan fingerprint density at radius 3 is 2.35 bits per heavy atom. The van der Waals surface area contributed by atoms with Gasteiger partial charge in [0.15, 0.2) is 5.78 Å². The fourth-order valence-corrected chi connectivity index (χ4v) is 4.40. The van der Waals surface area contributed by atoms with Crippen molar-refractivity contribution in [3.8, 4) is 5.75 Å². The first-order chi connectivity index (χ1) is 14.4. The number of hydrogen-bond donors (Lipinski definition) is 0. The fraction of sp³-hybridized carbons (Fsp3) is 0.545. The first-order valence-electron chi connectivity index (χ1n) is 10.3. The predicted molar refractivity (Wildman–Crippen MR) is 119 cm³/mol. The van der Waals surface area contributed by atoms with Gasteiger partial charge in [0.2, 0.25) is 0 Å². The SMILES string of the molecule is CCOC(=O)[C@@H](C)CC(=O)c1cc2c(F)c(B3OC(C)(C)C(C)(C)O3)c(OC)cc2s1. The van der Waals surface area contributed by atoms with Gasteiger partial charge in [0.05, 0.1) is 41.2 Å². The molecule has 2 aromatic rings. The van der Waals surface area contributed by atoms with Crippen LogP contribution in [-0.4, -0.2) is 43.8 Å². The van der Waals surface area contributed by atoms with Gasteiger partial charge in [-0.25, -0.2) is 4.39 Å². The molecule has 0 amide bonds. The second-order valence-electron chi connectivity index (χ2n) is 8.70. The zero-order chi connectivity index (χ0) is 23.1. The van der Waals surface area contributed by atoms with Gasteiger partial charge in [-0.3, -0.25) is 9.59 Å². The molecule has 0 N–H and O–H groups in total. The number of carbonyl (C=O) groups is 2. The number of halogens is 1. The van der Waals surface area contributed by atoms with Crippen molar-refractivity contribution in [1.82, 2.24) is 0 Å². The zero-order valence-corrected chi connectivity index (χ0v) is 19.8. The molecular weight excluding hydrogens is 422 g/mol. The van der Waals surface area contributed by atoms with Crippen LogP contribution in [0.3, 0.4) is 0 Å². The summed E-state index contributed by atoms with van der Waals surface area (Å²) >= 11 is 1.16. The average molecular weight is 450 g/mol. The topological polar surface area (TPSA) is 71.1 Å². The number of carbonyl (C=O) groups excluding carboxylic acids is 2. The highest BCUT2D eigenvalue weighted by atomic mass is 32.1. The lowest BCUT2D eigenvalue weighted by atomic mass is 9.77. The van der Waals surface area contributed by atoms with Crippen LogP contribution < -0.4 is 10.2 Å². The summed E-state index contributed by atoms with van der Waals surface area (Å²) < 4.78 is 38.6. The molecule has 0 radical (unpaired) electrons. The van der Waals surface area contributed by atoms with Crippen molar-refractivity contribution in [3.63, 3.8) is 0 Å². The van der Waals surface area contributed by atoms with Crippen LogP contribution in [0.4, 0.5) is 4.39 Å². The van der Waals surface area contributed by atoms with Gasteiger partial charge in [-0.1, -0.05) is 6.92 Å². The Kier molecular flexibility index (Phi) is 6.51. The Morgan fingerprint density at radius 1 is 1.19 bits per heavy atom. The largest absolute Gasteiger partial charge is 0.501 e. The summed E-state index contributed by atoms with van der Waals surface area (Å²) in [4.78, 5) is 24.9. The molecule has 2 heterocycles. The number of ketones is 1. The summed E-state index contributed by atoms with van der Waals surface area (Å²) in [6, 6.07) is 3.21. The molecule has 1 atom stereocenters. The van der Waals surface area contributed by atoms with E-state index in [0.717, 1.165) is 11.3 Å². The maximum Gasteiger partial charge on any atom is 0.501 e. The molecule has 1 saturated heterocycles. The van der Waals surface area contributed by atoms with E-state index in [1.165, 1.54) is 13.2 Å². The van der Waals surface area contributed by atoms with Crippen molar-refractivity contribution >= 4 is 45.8 Å². The summed E-state index contributed by atoms with van der Waals surface area (Å²) in [6.07, 6.45) is -0.00546. The molecule has 1 fully saturated rings.